The molecule has 2 unspecified atom stereocenters. The molecule has 5 heteroatoms. The van der Waals surface area contributed by atoms with Crippen molar-refractivity contribution in [1.82, 2.24) is 5.32 Å². The van der Waals surface area contributed by atoms with Crippen molar-refractivity contribution in [2.24, 2.45) is 11.7 Å². The molecule has 2 rings (SSSR count). The molecular formula is C23H31N3OS. The molecule has 0 fully saturated rings. The van der Waals surface area contributed by atoms with Crippen molar-refractivity contribution < 1.29 is 4.79 Å². The fraction of sp³-hybridized carbons (Fsp3) is 0.391. The van der Waals surface area contributed by atoms with Gasteiger partial charge in [-0.15, -0.1) is 11.3 Å². The summed E-state index contributed by atoms with van der Waals surface area (Å²) < 4.78 is 0. The number of benzene rings is 1. The molecule has 1 aromatic carbocycles. The number of carbonyl (C=O) groups excluding carboxylic acids is 1. The first-order valence-electron chi connectivity index (χ1n) is 9.83. The summed E-state index contributed by atoms with van der Waals surface area (Å²) in [4.78, 5) is 14.6. The third-order valence-corrected chi connectivity index (χ3v) is 6.24. The quantitative estimate of drug-likeness (QED) is 0.502. The molecule has 0 saturated heterocycles. The zero-order chi connectivity index (χ0) is 20.5. The number of nitrogens with one attached hydrogen (secondary N) is 2. The summed E-state index contributed by atoms with van der Waals surface area (Å²) in [5.74, 6) is 0.459. The lowest BCUT2D eigenvalue weighted by atomic mass is 9.96. The van der Waals surface area contributed by atoms with E-state index in [1.807, 2.05) is 49.4 Å². The molecule has 2 atom stereocenters. The molecule has 1 aromatic heterocycles. The van der Waals surface area contributed by atoms with Gasteiger partial charge in [0.05, 0.1) is 4.88 Å². The van der Waals surface area contributed by atoms with Crippen LogP contribution in [0.2, 0.25) is 0 Å². The van der Waals surface area contributed by atoms with Crippen LogP contribution >= 0.6 is 11.3 Å². The monoisotopic (exact) mass is 397 g/mol. The van der Waals surface area contributed by atoms with Gasteiger partial charge in [0.15, 0.2) is 0 Å². The van der Waals surface area contributed by atoms with E-state index in [0.29, 0.717) is 23.8 Å². The Labute approximate surface area is 172 Å². The Morgan fingerprint density at radius 1 is 1.32 bits per heavy atom. The van der Waals surface area contributed by atoms with Crippen LogP contribution in [0, 0.1) is 18.3 Å². The van der Waals surface area contributed by atoms with Gasteiger partial charge in [-0.1, -0.05) is 50.6 Å². The summed E-state index contributed by atoms with van der Waals surface area (Å²) in [7, 11) is 0. The number of allylic oxidation sites excluding steroid dienone is 2. The zero-order valence-corrected chi connectivity index (χ0v) is 17.8. The van der Waals surface area contributed by atoms with Crippen LogP contribution < -0.4 is 11.1 Å². The van der Waals surface area contributed by atoms with Gasteiger partial charge in [-0.3, -0.25) is 4.79 Å². The minimum Gasteiger partial charge on any atom is -0.347 e. The van der Waals surface area contributed by atoms with E-state index in [9.17, 15) is 4.79 Å². The van der Waals surface area contributed by atoms with Gasteiger partial charge in [0.25, 0.3) is 5.91 Å². The van der Waals surface area contributed by atoms with E-state index < -0.39 is 0 Å². The van der Waals surface area contributed by atoms with Crippen LogP contribution in [-0.4, -0.2) is 24.7 Å². The predicted octanol–water partition coefficient (Wildman–Crippen LogP) is 4.83. The molecule has 2 aromatic rings. The van der Waals surface area contributed by atoms with Crippen molar-refractivity contribution in [3.8, 4) is 0 Å². The molecule has 0 spiro atoms. The van der Waals surface area contributed by atoms with Crippen molar-refractivity contribution in [3.63, 3.8) is 0 Å². The highest BCUT2D eigenvalue weighted by Gasteiger charge is 2.18. The lowest BCUT2D eigenvalue weighted by molar-refractivity contribution is 0.0942. The topological polar surface area (TPSA) is 79.0 Å². The second-order valence-corrected chi connectivity index (χ2v) is 8.35. The van der Waals surface area contributed by atoms with Crippen molar-refractivity contribution in [2.45, 2.75) is 46.1 Å². The first kappa shape index (κ1) is 22.1. The van der Waals surface area contributed by atoms with E-state index in [-0.39, 0.29) is 11.9 Å². The molecule has 1 amide bonds. The predicted molar refractivity (Wildman–Crippen MR) is 120 cm³/mol. The smallest absolute Gasteiger partial charge is 0.261 e. The van der Waals surface area contributed by atoms with Crippen LogP contribution in [0.3, 0.4) is 0 Å². The molecule has 4 nitrogen and oxygen atoms in total. The molecule has 4 N–H and O–H groups in total. The van der Waals surface area contributed by atoms with Crippen LogP contribution in [0.4, 0.5) is 0 Å². The maximum Gasteiger partial charge on any atom is 0.261 e. The second-order valence-electron chi connectivity index (χ2n) is 7.29. The molecular weight excluding hydrogens is 366 g/mol. The van der Waals surface area contributed by atoms with Crippen molar-refractivity contribution in [3.05, 3.63) is 63.4 Å². The summed E-state index contributed by atoms with van der Waals surface area (Å²) in [6.45, 7) is 6.81. The standard InChI is InChI=1S/C23H31N3OS/c1-4-16(2)12-19(10-11-24)22-17(3)13-21(28-22)23(27)26-20(15-25)14-18-8-6-5-7-9-18/h5-11,13,16,20,24H,4,12,14-15,25H2,1-3H3,(H,26,27)/b19-10+,24-11?. The molecule has 1 heterocycles. The fourth-order valence-electron chi connectivity index (χ4n) is 3.12. The summed E-state index contributed by atoms with van der Waals surface area (Å²) in [5, 5.41) is 10.6. The molecule has 28 heavy (non-hydrogen) atoms. The maximum atomic E-state index is 12.8. The molecule has 150 valence electrons. The van der Waals surface area contributed by atoms with Crippen molar-refractivity contribution >= 4 is 29.0 Å². The van der Waals surface area contributed by atoms with E-state index in [1.165, 1.54) is 17.6 Å². The number of aryl methyl sites for hydroxylation is 1. The Hall–Kier alpha value is -2.24. The van der Waals surface area contributed by atoms with Crippen LogP contribution in [0.5, 0.6) is 0 Å². The van der Waals surface area contributed by atoms with E-state index in [0.717, 1.165) is 34.4 Å². The summed E-state index contributed by atoms with van der Waals surface area (Å²) in [5.41, 5.74) is 9.27. The number of rotatable bonds is 10. The highest BCUT2D eigenvalue weighted by atomic mass is 32.1. The van der Waals surface area contributed by atoms with Gasteiger partial charge >= 0.3 is 0 Å². The number of thiophene rings is 1. The Balaban J connectivity index is 2.14. The third kappa shape index (κ3) is 6.14. The Kier molecular flexibility index (Phi) is 8.61. The zero-order valence-electron chi connectivity index (χ0n) is 17.0. The van der Waals surface area contributed by atoms with Crippen LogP contribution in [-0.2, 0) is 6.42 Å². The van der Waals surface area contributed by atoms with Crippen molar-refractivity contribution in [1.29, 1.82) is 5.41 Å². The van der Waals surface area contributed by atoms with Crippen molar-refractivity contribution in [2.75, 3.05) is 6.54 Å². The largest absolute Gasteiger partial charge is 0.347 e. The van der Waals surface area contributed by atoms with Gasteiger partial charge in [-0.05, 0) is 54.5 Å². The highest BCUT2D eigenvalue weighted by Crippen LogP contribution is 2.33. The molecule has 0 radical (unpaired) electrons. The fourth-order valence-corrected chi connectivity index (χ4v) is 4.23. The van der Waals surface area contributed by atoms with Gasteiger partial charge in [-0.2, -0.15) is 0 Å². The molecule has 0 aliphatic carbocycles. The average molecular weight is 398 g/mol. The minimum absolute atomic E-state index is 0.0801. The number of hydrogen-bond acceptors (Lipinski definition) is 4. The average Bonchev–Trinajstić information content (AvgIpc) is 3.09. The van der Waals surface area contributed by atoms with E-state index in [1.54, 1.807) is 0 Å². The lowest BCUT2D eigenvalue weighted by Gasteiger charge is -2.16. The normalized spacial score (nSPS) is 13.8. The van der Waals surface area contributed by atoms with E-state index in [4.69, 9.17) is 11.1 Å². The van der Waals surface area contributed by atoms with Gasteiger partial charge < -0.3 is 16.5 Å². The van der Waals surface area contributed by atoms with Crippen LogP contribution in [0.25, 0.3) is 5.57 Å². The molecule has 0 saturated carbocycles. The Morgan fingerprint density at radius 2 is 2.04 bits per heavy atom. The second kappa shape index (κ2) is 10.9. The molecule has 0 bridgehead atoms. The van der Waals surface area contributed by atoms with Crippen LogP contribution in [0.15, 0.2) is 42.5 Å². The number of hydrogen-bond donors (Lipinski definition) is 3. The Morgan fingerprint density at radius 3 is 2.64 bits per heavy atom. The maximum absolute atomic E-state index is 12.8. The van der Waals surface area contributed by atoms with Gasteiger partial charge in [0.1, 0.15) is 0 Å². The summed E-state index contributed by atoms with van der Waals surface area (Å²) in [6, 6.07) is 11.9. The van der Waals surface area contributed by atoms with Gasteiger partial charge in [0.2, 0.25) is 0 Å². The molecule has 0 aliphatic rings. The van der Waals surface area contributed by atoms with Gasteiger partial charge in [-0.25, -0.2) is 0 Å². The summed E-state index contributed by atoms with van der Waals surface area (Å²) >= 11 is 1.50. The first-order chi connectivity index (χ1) is 13.5. The minimum atomic E-state index is -0.0996. The SMILES string of the molecule is CCC(C)C/C(=C\C=N)c1sc(C(=O)NC(CN)Cc2ccccc2)cc1C. The van der Waals surface area contributed by atoms with Gasteiger partial charge in [0, 0.05) is 23.7 Å². The number of amides is 1. The lowest BCUT2D eigenvalue weighted by Crippen LogP contribution is -2.41. The van der Waals surface area contributed by atoms with E-state index >= 15 is 0 Å². The highest BCUT2D eigenvalue weighted by molar-refractivity contribution is 7.15. The Bertz CT molecular complexity index is 811. The van der Waals surface area contributed by atoms with Crippen LogP contribution in [0.1, 0.15) is 52.4 Å². The number of carbonyl (C=O) groups is 1. The third-order valence-electron chi connectivity index (χ3n) is 4.93. The molecule has 0 aliphatic heterocycles. The van der Waals surface area contributed by atoms with E-state index in [2.05, 4.69) is 19.2 Å². The number of nitrogens with two attached hydrogens (primary N) is 1. The summed E-state index contributed by atoms with van der Waals surface area (Å²) in [6.07, 6.45) is 5.90. The first-order valence-corrected chi connectivity index (χ1v) is 10.6.